The third-order valence-corrected chi connectivity index (χ3v) is 4.94. The van der Waals surface area contributed by atoms with Crippen LogP contribution < -0.4 is 11.1 Å². The quantitative estimate of drug-likeness (QED) is 0.509. The van der Waals surface area contributed by atoms with Gasteiger partial charge in [-0.3, -0.25) is 14.7 Å². The summed E-state index contributed by atoms with van der Waals surface area (Å²) in [6.45, 7) is 0. The van der Waals surface area contributed by atoms with Crippen molar-refractivity contribution in [3.8, 4) is 5.69 Å². The lowest BCUT2D eigenvalue weighted by molar-refractivity contribution is 0.802. The molecule has 3 aromatic rings. The second-order valence-electron chi connectivity index (χ2n) is 4.42. The molecule has 1 N–H and O–H groups in total. The van der Waals surface area contributed by atoms with Crippen LogP contribution in [-0.4, -0.2) is 9.78 Å². The van der Waals surface area contributed by atoms with Crippen molar-refractivity contribution < 1.29 is 0 Å². The van der Waals surface area contributed by atoms with E-state index in [1.165, 1.54) is 0 Å². The lowest BCUT2D eigenvalue weighted by Crippen LogP contribution is -2.29. The van der Waals surface area contributed by atoms with Crippen LogP contribution in [0.15, 0.2) is 39.9 Å². The highest BCUT2D eigenvalue weighted by molar-refractivity contribution is 6.55. The average molecular weight is 376 g/mol. The Kier molecular flexibility index (Phi) is 3.95. The molecule has 1 heterocycles. The van der Waals surface area contributed by atoms with Crippen molar-refractivity contribution in [2.24, 2.45) is 0 Å². The minimum atomic E-state index is -0.594. The van der Waals surface area contributed by atoms with Gasteiger partial charge >= 0.3 is 0 Å². The molecule has 0 fully saturated rings. The summed E-state index contributed by atoms with van der Waals surface area (Å²) < 4.78 is 1.08. The summed E-state index contributed by atoms with van der Waals surface area (Å²) in [7, 11) is 0. The van der Waals surface area contributed by atoms with Crippen molar-refractivity contribution in [2.45, 2.75) is 0 Å². The van der Waals surface area contributed by atoms with E-state index >= 15 is 0 Å². The summed E-state index contributed by atoms with van der Waals surface area (Å²) >= 11 is 24.0. The fraction of sp³-hybridized carbons (Fsp3) is 0. The highest BCUT2D eigenvalue weighted by Gasteiger charge is 2.21. The molecule has 22 heavy (non-hydrogen) atoms. The second kappa shape index (κ2) is 5.63. The maximum absolute atomic E-state index is 12.7. The van der Waals surface area contributed by atoms with Gasteiger partial charge in [-0.2, -0.15) is 0 Å². The number of nitrogens with one attached hydrogen (secondary N) is 1. The summed E-state index contributed by atoms with van der Waals surface area (Å²) in [5, 5.41) is 1.95. The zero-order valence-electron chi connectivity index (χ0n) is 10.7. The number of H-pyrrole nitrogens is 1. The molecule has 0 spiro atoms. The van der Waals surface area contributed by atoms with E-state index in [9.17, 15) is 9.59 Å². The first-order chi connectivity index (χ1) is 10.4. The van der Waals surface area contributed by atoms with Gasteiger partial charge in [-0.05, 0) is 12.1 Å². The number of para-hydroxylation sites is 1. The van der Waals surface area contributed by atoms with E-state index in [0.29, 0.717) is 5.69 Å². The Balaban J connectivity index is 2.56. The van der Waals surface area contributed by atoms with Gasteiger partial charge in [0.2, 0.25) is 0 Å². The molecule has 0 atom stereocenters. The molecule has 0 aliphatic rings. The predicted octanol–water partition coefficient (Wildman–Crippen LogP) is 4.29. The Morgan fingerprint density at radius 3 is 1.91 bits per heavy atom. The number of fused-ring (bicyclic) bond motifs is 1. The van der Waals surface area contributed by atoms with Gasteiger partial charge < -0.3 is 0 Å². The van der Waals surface area contributed by atoms with Gasteiger partial charge in [0, 0.05) is 0 Å². The number of nitrogens with zero attached hydrogens (tertiary/aromatic N) is 1. The number of benzene rings is 2. The molecule has 4 nitrogen and oxygen atoms in total. The number of halogens is 4. The Bertz CT molecular complexity index is 1010. The standard InChI is InChI=1S/C14H6Cl4N2O2/c15-9-7-8(10(16)12(18)11(9)17)14(22)20(19-13(7)21)6-4-2-1-3-5-6/h1-5H,(H,19,21). The van der Waals surface area contributed by atoms with Crippen LogP contribution in [0.25, 0.3) is 16.5 Å². The van der Waals surface area contributed by atoms with E-state index in [1.54, 1.807) is 30.3 Å². The molecule has 0 saturated carbocycles. The first kappa shape index (κ1) is 15.4. The van der Waals surface area contributed by atoms with Crippen molar-refractivity contribution in [1.82, 2.24) is 9.78 Å². The van der Waals surface area contributed by atoms with Crippen LogP contribution in [-0.2, 0) is 0 Å². The van der Waals surface area contributed by atoms with Gasteiger partial charge in [0.05, 0.1) is 36.6 Å². The maximum atomic E-state index is 12.7. The predicted molar refractivity (Wildman–Crippen MR) is 90.2 cm³/mol. The molecule has 0 aliphatic carbocycles. The van der Waals surface area contributed by atoms with Gasteiger partial charge in [-0.25, -0.2) is 4.68 Å². The molecule has 112 valence electrons. The highest BCUT2D eigenvalue weighted by atomic mass is 35.5. The van der Waals surface area contributed by atoms with E-state index in [1.807, 2.05) is 0 Å². The zero-order valence-corrected chi connectivity index (χ0v) is 13.7. The molecule has 3 rings (SSSR count). The van der Waals surface area contributed by atoms with Gasteiger partial charge in [-0.1, -0.05) is 64.6 Å². The van der Waals surface area contributed by atoms with Crippen LogP contribution in [0.4, 0.5) is 0 Å². The van der Waals surface area contributed by atoms with Crippen LogP contribution in [0.5, 0.6) is 0 Å². The summed E-state index contributed by atoms with van der Waals surface area (Å²) in [6.07, 6.45) is 0. The van der Waals surface area contributed by atoms with Crippen molar-refractivity contribution >= 4 is 57.2 Å². The summed E-state index contributed by atoms with van der Waals surface area (Å²) in [6, 6.07) is 8.57. The van der Waals surface area contributed by atoms with Crippen LogP contribution >= 0.6 is 46.4 Å². The number of aromatic nitrogens is 2. The van der Waals surface area contributed by atoms with E-state index < -0.39 is 11.1 Å². The molecule has 0 unspecified atom stereocenters. The molecule has 2 aromatic carbocycles. The number of hydrogen-bond acceptors (Lipinski definition) is 2. The van der Waals surface area contributed by atoms with Crippen molar-refractivity contribution in [1.29, 1.82) is 0 Å². The highest BCUT2D eigenvalue weighted by Crippen LogP contribution is 2.40. The molecule has 0 aliphatic heterocycles. The van der Waals surface area contributed by atoms with Gasteiger partial charge in [0.1, 0.15) is 0 Å². The third kappa shape index (κ3) is 2.23. The fourth-order valence-corrected chi connectivity index (χ4v) is 3.14. The average Bonchev–Trinajstić information content (AvgIpc) is 2.53. The molecule has 0 saturated heterocycles. The first-order valence-corrected chi connectivity index (χ1v) is 7.51. The molecule has 0 radical (unpaired) electrons. The van der Waals surface area contributed by atoms with E-state index in [0.717, 1.165) is 4.68 Å². The second-order valence-corrected chi connectivity index (χ2v) is 5.93. The van der Waals surface area contributed by atoms with Crippen molar-refractivity contribution in [2.75, 3.05) is 0 Å². The Morgan fingerprint density at radius 2 is 1.32 bits per heavy atom. The lowest BCUT2D eigenvalue weighted by atomic mass is 10.2. The largest absolute Gasteiger partial charge is 0.279 e. The number of aromatic amines is 1. The van der Waals surface area contributed by atoms with Crippen molar-refractivity contribution in [3.05, 3.63) is 71.1 Å². The van der Waals surface area contributed by atoms with Crippen molar-refractivity contribution in [3.63, 3.8) is 0 Å². The van der Waals surface area contributed by atoms with E-state index in [2.05, 4.69) is 5.10 Å². The molecule has 0 bridgehead atoms. The molecule has 8 heteroatoms. The Hall–Kier alpha value is -1.46. The van der Waals surface area contributed by atoms with Gasteiger partial charge in [0.15, 0.2) is 0 Å². The van der Waals surface area contributed by atoms with Crippen LogP contribution in [0, 0.1) is 0 Å². The monoisotopic (exact) mass is 374 g/mol. The number of hydrogen-bond donors (Lipinski definition) is 1. The zero-order chi connectivity index (χ0) is 16.0. The third-order valence-electron chi connectivity index (χ3n) is 3.14. The van der Waals surface area contributed by atoms with Crippen LogP contribution in [0.3, 0.4) is 0 Å². The smallest absolute Gasteiger partial charge is 0.267 e. The van der Waals surface area contributed by atoms with E-state index in [-0.39, 0.29) is 30.9 Å². The SMILES string of the molecule is O=c1[nH]n(-c2ccccc2)c(=O)c2c(Cl)c(Cl)c(Cl)c(Cl)c12. The van der Waals surface area contributed by atoms with Gasteiger partial charge in [0.25, 0.3) is 11.1 Å². The summed E-state index contributed by atoms with van der Waals surface area (Å²) in [4.78, 5) is 25.0. The first-order valence-electron chi connectivity index (χ1n) is 6.00. The Labute approximate surface area is 143 Å². The molecule has 1 aromatic heterocycles. The van der Waals surface area contributed by atoms with Gasteiger partial charge in [-0.15, -0.1) is 0 Å². The van der Waals surface area contributed by atoms with E-state index in [4.69, 9.17) is 46.4 Å². The molecular weight excluding hydrogens is 370 g/mol. The lowest BCUT2D eigenvalue weighted by Gasteiger charge is -2.11. The summed E-state index contributed by atoms with van der Waals surface area (Å²) in [5.74, 6) is 0. The fourth-order valence-electron chi connectivity index (χ4n) is 2.12. The number of rotatable bonds is 1. The Morgan fingerprint density at radius 1 is 0.773 bits per heavy atom. The van der Waals surface area contributed by atoms with Crippen LogP contribution in [0.1, 0.15) is 0 Å². The molecule has 0 amide bonds. The van der Waals surface area contributed by atoms with Crippen LogP contribution in [0.2, 0.25) is 20.1 Å². The minimum Gasteiger partial charge on any atom is -0.267 e. The minimum absolute atomic E-state index is 0.0665. The normalized spacial score (nSPS) is 11.1. The topological polar surface area (TPSA) is 54.9 Å². The maximum Gasteiger partial charge on any atom is 0.279 e. The molecular formula is C14H6Cl4N2O2. The summed E-state index contributed by atoms with van der Waals surface area (Å²) in [5.41, 5.74) is -0.667.